The first-order valence-corrected chi connectivity index (χ1v) is 6.72. The SMILES string of the molecule is CC(OC(=O)c1cc(N)cn1C(C)C)c1ccccc1. The predicted molar refractivity (Wildman–Crippen MR) is 79.5 cm³/mol. The minimum absolute atomic E-state index is 0.155. The van der Waals surface area contributed by atoms with Crippen LogP contribution >= 0.6 is 0 Å². The molecular weight excluding hydrogens is 252 g/mol. The van der Waals surface area contributed by atoms with Gasteiger partial charge in [0.05, 0.1) is 5.69 Å². The first kappa shape index (κ1) is 14.2. The maximum Gasteiger partial charge on any atom is 0.355 e. The number of esters is 1. The molecule has 0 aliphatic heterocycles. The molecule has 4 nitrogen and oxygen atoms in total. The third-order valence-corrected chi connectivity index (χ3v) is 3.19. The van der Waals surface area contributed by atoms with Crippen molar-refractivity contribution in [2.24, 2.45) is 0 Å². The van der Waals surface area contributed by atoms with Crippen LogP contribution in [0, 0.1) is 0 Å². The first-order chi connectivity index (χ1) is 9.49. The van der Waals surface area contributed by atoms with Crippen LogP contribution in [0.25, 0.3) is 0 Å². The van der Waals surface area contributed by atoms with Crippen LogP contribution in [0.3, 0.4) is 0 Å². The quantitative estimate of drug-likeness (QED) is 0.866. The Balaban J connectivity index is 2.16. The number of rotatable bonds is 4. The van der Waals surface area contributed by atoms with Crippen LogP contribution in [0.15, 0.2) is 42.6 Å². The lowest BCUT2D eigenvalue weighted by molar-refractivity contribution is 0.0323. The summed E-state index contributed by atoms with van der Waals surface area (Å²) in [5.41, 5.74) is 7.79. The molecule has 2 N–H and O–H groups in total. The Labute approximate surface area is 119 Å². The van der Waals surface area contributed by atoms with Gasteiger partial charge < -0.3 is 15.0 Å². The van der Waals surface area contributed by atoms with Gasteiger partial charge in [-0.2, -0.15) is 0 Å². The molecule has 0 radical (unpaired) electrons. The molecule has 0 saturated heterocycles. The molecule has 2 aromatic rings. The molecule has 0 saturated carbocycles. The fraction of sp³-hybridized carbons (Fsp3) is 0.312. The van der Waals surface area contributed by atoms with Gasteiger partial charge in [-0.1, -0.05) is 30.3 Å². The Bertz CT molecular complexity index is 588. The number of ether oxygens (including phenoxy) is 1. The number of hydrogen-bond donors (Lipinski definition) is 1. The van der Waals surface area contributed by atoms with E-state index in [1.165, 1.54) is 0 Å². The molecule has 4 heteroatoms. The standard InChI is InChI=1S/C16H20N2O2/c1-11(2)18-10-14(17)9-15(18)16(19)20-12(3)13-7-5-4-6-8-13/h4-12H,17H2,1-3H3. The summed E-state index contributed by atoms with van der Waals surface area (Å²) in [6.07, 6.45) is 1.47. The van der Waals surface area contributed by atoms with Gasteiger partial charge in [0.2, 0.25) is 0 Å². The van der Waals surface area contributed by atoms with Crippen molar-refractivity contribution in [3.63, 3.8) is 0 Å². The lowest BCUT2D eigenvalue weighted by atomic mass is 10.1. The summed E-state index contributed by atoms with van der Waals surface area (Å²) in [6.45, 7) is 5.85. The highest BCUT2D eigenvalue weighted by molar-refractivity contribution is 5.89. The minimum Gasteiger partial charge on any atom is -0.453 e. The fourth-order valence-corrected chi connectivity index (χ4v) is 2.10. The van der Waals surface area contributed by atoms with Crippen molar-refractivity contribution in [2.45, 2.75) is 32.9 Å². The molecule has 0 amide bonds. The van der Waals surface area contributed by atoms with Crippen LogP contribution in [-0.2, 0) is 4.74 Å². The van der Waals surface area contributed by atoms with Gasteiger partial charge in [0.1, 0.15) is 11.8 Å². The van der Waals surface area contributed by atoms with E-state index in [9.17, 15) is 4.79 Å². The maximum atomic E-state index is 12.3. The molecule has 2 rings (SSSR count). The number of anilines is 1. The van der Waals surface area contributed by atoms with Crippen LogP contribution in [0.1, 0.15) is 49.0 Å². The molecule has 0 fully saturated rings. The van der Waals surface area contributed by atoms with Crippen LogP contribution in [0.4, 0.5) is 5.69 Å². The predicted octanol–water partition coefficient (Wildman–Crippen LogP) is 3.57. The van der Waals surface area contributed by atoms with E-state index < -0.39 is 0 Å². The number of carbonyl (C=O) groups is 1. The first-order valence-electron chi connectivity index (χ1n) is 6.72. The number of nitrogens with two attached hydrogens (primary N) is 1. The number of carbonyl (C=O) groups excluding carboxylic acids is 1. The van der Waals surface area contributed by atoms with Gasteiger partial charge in [-0.25, -0.2) is 4.79 Å². The molecule has 0 spiro atoms. The molecule has 1 unspecified atom stereocenters. The highest BCUT2D eigenvalue weighted by Crippen LogP contribution is 2.22. The second kappa shape index (κ2) is 5.82. The summed E-state index contributed by atoms with van der Waals surface area (Å²) in [7, 11) is 0. The molecule has 0 aliphatic carbocycles. The van der Waals surface area contributed by atoms with Crippen molar-refractivity contribution in [3.8, 4) is 0 Å². The average molecular weight is 272 g/mol. The number of hydrogen-bond acceptors (Lipinski definition) is 3. The van der Waals surface area contributed by atoms with Crippen molar-refractivity contribution in [2.75, 3.05) is 5.73 Å². The van der Waals surface area contributed by atoms with Crippen LogP contribution in [0.2, 0.25) is 0 Å². The highest BCUT2D eigenvalue weighted by Gasteiger charge is 2.19. The molecule has 0 aliphatic rings. The van der Waals surface area contributed by atoms with Crippen LogP contribution < -0.4 is 5.73 Å². The molecule has 1 aromatic heterocycles. The maximum absolute atomic E-state index is 12.3. The molecule has 1 atom stereocenters. The largest absolute Gasteiger partial charge is 0.453 e. The lowest BCUT2D eigenvalue weighted by Gasteiger charge is -2.16. The van der Waals surface area contributed by atoms with E-state index in [-0.39, 0.29) is 18.1 Å². The average Bonchev–Trinajstić information content (AvgIpc) is 2.82. The number of nitrogen functional groups attached to an aromatic ring is 1. The molecule has 20 heavy (non-hydrogen) atoms. The highest BCUT2D eigenvalue weighted by atomic mass is 16.5. The van der Waals surface area contributed by atoms with E-state index in [0.29, 0.717) is 11.4 Å². The smallest absolute Gasteiger partial charge is 0.355 e. The topological polar surface area (TPSA) is 57.2 Å². The van der Waals surface area contributed by atoms with Crippen molar-refractivity contribution in [1.29, 1.82) is 0 Å². The zero-order chi connectivity index (χ0) is 14.7. The number of aromatic nitrogens is 1. The monoisotopic (exact) mass is 272 g/mol. The normalized spacial score (nSPS) is 12.4. The zero-order valence-electron chi connectivity index (χ0n) is 12.0. The Morgan fingerprint density at radius 1 is 1.20 bits per heavy atom. The molecular formula is C16H20N2O2. The second-order valence-electron chi connectivity index (χ2n) is 5.12. The molecule has 1 heterocycles. The summed E-state index contributed by atoms with van der Waals surface area (Å²) >= 11 is 0. The molecule has 1 aromatic carbocycles. The van der Waals surface area contributed by atoms with E-state index >= 15 is 0 Å². The van der Waals surface area contributed by atoms with Gasteiger partial charge in [-0.05, 0) is 32.4 Å². The molecule has 106 valence electrons. The van der Waals surface area contributed by atoms with Gasteiger partial charge in [0.25, 0.3) is 0 Å². The van der Waals surface area contributed by atoms with E-state index in [4.69, 9.17) is 10.5 Å². The van der Waals surface area contributed by atoms with Gasteiger partial charge in [-0.3, -0.25) is 0 Å². The third-order valence-electron chi connectivity index (χ3n) is 3.19. The van der Waals surface area contributed by atoms with E-state index in [1.54, 1.807) is 12.3 Å². The van der Waals surface area contributed by atoms with Gasteiger partial charge in [0.15, 0.2) is 0 Å². The fourth-order valence-electron chi connectivity index (χ4n) is 2.10. The van der Waals surface area contributed by atoms with Crippen molar-refractivity contribution in [3.05, 3.63) is 53.9 Å². The number of nitrogens with zero attached hydrogens (tertiary/aromatic N) is 1. The minimum atomic E-state index is -0.355. The molecule has 0 bridgehead atoms. The van der Waals surface area contributed by atoms with Crippen LogP contribution in [-0.4, -0.2) is 10.5 Å². The van der Waals surface area contributed by atoms with Crippen LogP contribution in [0.5, 0.6) is 0 Å². The summed E-state index contributed by atoms with van der Waals surface area (Å²) in [5.74, 6) is -0.355. The van der Waals surface area contributed by atoms with Gasteiger partial charge in [-0.15, -0.1) is 0 Å². The lowest BCUT2D eigenvalue weighted by Crippen LogP contribution is -2.15. The Morgan fingerprint density at radius 2 is 1.85 bits per heavy atom. The van der Waals surface area contributed by atoms with Crippen molar-refractivity contribution < 1.29 is 9.53 Å². The summed E-state index contributed by atoms with van der Waals surface area (Å²) in [6, 6.07) is 11.5. The zero-order valence-corrected chi connectivity index (χ0v) is 12.0. The Hall–Kier alpha value is -2.23. The Kier molecular flexibility index (Phi) is 4.13. The van der Waals surface area contributed by atoms with Gasteiger partial charge in [0, 0.05) is 12.2 Å². The van der Waals surface area contributed by atoms with Gasteiger partial charge >= 0.3 is 5.97 Å². The second-order valence-corrected chi connectivity index (χ2v) is 5.12. The van der Waals surface area contributed by atoms with E-state index in [0.717, 1.165) is 5.56 Å². The van der Waals surface area contributed by atoms with E-state index in [2.05, 4.69) is 0 Å². The summed E-state index contributed by atoms with van der Waals surface area (Å²) in [4.78, 5) is 12.3. The summed E-state index contributed by atoms with van der Waals surface area (Å²) < 4.78 is 7.34. The van der Waals surface area contributed by atoms with Crippen molar-refractivity contribution in [1.82, 2.24) is 4.57 Å². The summed E-state index contributed by atoms with van der Waals surface area (Å²) in [5, 5.41) is 0. The Morgan fingerprint density at radius 3 is 2.45 bits per heavy atom. The van der Waals surface area contributed by atoms with E-state index in [1.807, 2.05) is 55.7 Å². The van der Waals surface area contributed by atoms with Crippen molar-refractivity contribution >= 4 is 11.7 Å². The number of benzene rings is 1. The third kappa shape index (κ3) is 3.02.